The number of amides is 1. The molecule has 16 heavy (non-hydrogen) atoms. The van der Waals surface area contributed by atoms with E-state index in [1.807, 2.05) is 25.7 Å². The molecule has 1 amide bonds. The Balaban J connectivity index is 1.92. The van der Waals surface area contributed by atoms with Gasteiger partial charge in [0.05, 0.1) is 0 Å². The molecule has 0 aromatic carbocycles. The lowest BCUT2D eigenvalue weighted by molar-refractivity contribution is 0.0279. The summed E-state index contributed by atoms with van der Waals surface area (Å²) in [5, 5.41) is 0. The van der Waals surface area contributed by atoms with Crippen molar-refractivity contribution < 1.29 is 9.53 Å². The topological polar surface area (TPSA) is 55.6 Å². The van der Waals surface area contributed by atoms with Crippen LogP contribution in [0.1, 0.15) is 33.6 Å². The number of ether oxygens (including phenoxy) is 1. The predicted octanol–water partition coefficient (Wildman–Crippen LogP) is 1.59. The van der Waals surface area contributed by atoms with E-state index >= 15 is 0 Å². The van der Waals surface area contributed by atoms with Gasteiger partial charge in [0.15, 0.2) is 0 Å². The van der Waals surface area contributed by atoms with Crippen LogP contribution in [-0.2, 0) is 4.74 Å². The van der Waals surface area contributed by atoms with Crippen LogP contribution in [-0.4, -0.2) is 35.7 Å². The van der Waals surface area contributed by atoms with E-state index < -0.39 is 5.60 Å². The SMILES string of the molecule is CC(C)(C)OC(=O)N1CC2CC[C@@H](N)[C@H]2C1. The first-order valence-electron chi connectivity index (χ1n) is 6.10. The first kappa shape index (κ1) is 11.7. The lowest BCUT2D eigenvalue weighted by atomic mass is 9.98. The summed E-state index contributed by atoms with van der Waals surface area (Å²) < 4.78 is 5.37. The summed E-state index contributed by atoms with van der Waals surface area (Å²) in [6.45, 7) is 7.29. The van der Waals surface area contributed by atoms with E-state index in [1.54, 1.807) is 0 Å². The average Bonchev–Trinajstić information content (AvgIpc) is 2.65. The molecular formula is C12H22N2O2. The van der Waals surface area contributed by atoms with Crippen LogP contribution in [0.3, 0.4) is 0 Å². The summed E-state index contributed by atoms with van der Waals surface area (Å²) in [5.41, 5.74) is 5.62. The number of nitrogens with two attached hydrogens (primary N) is 1. The molecule has 1 saturated carbocycles. The Morgan fingerprint density at radius 1 is 1.31 bits per heavy atom. The fraction of sp³-hybridized carbons (Fsp3) is 0.917. The molecule has 1 aliphatic carbocycles. The quantitative estimate of drug-likeness (QED) is 0.682. The number of carbonyl (C=O) groups is 1. The molecule has 2 aliphatic rings. The molecule has 4 heteroatoms. The van der Waals surface area contributed by atoms with Crippen molar-refractivity contribution in [3.63, 3.8) is 0 Å². The van der Waals surface area contributed by atoms with E-state index in [4.69, 9.17) is 10.5 Å². The van der Waals surface area contributed by atoms with Crippen LogP contribution >= 0.6 is 0 Å². The molecule has 0 bridgehead atoms. The van der Waals surface area contributed by atoms with Crippen LogP contribution in [0.15, 0.2) is 0 Å². The largest absolute Gasteiger partial charge is 0.444 e. The zero-order chi connectivity index (χ0) is 11.9. The van der Waals surface area contributed by atoms with Gasteiger partial charge < -0.3 is 15.4 Å². The Morgan fingerprint density at radius 2 is 2.00 bits per heavy atom. The van der Waals surface area contributed by atoms with Gasteiger partial charge in [-0.3, -0.25) is 0 Å². The highest BCUT2D eigenvalue weighted by Crippen LogP contribution is 2.37. The van der Waals surface area contributed by atoms with E-state index in [0.717, 1.165) is 25.9 Å². The van der Waals surface area contributed by atoms with Gasteiger partial charge in [-0.25, -0.2) is 4.79 Å². The maximum Gasteiger partial charge on any atom is 0.410 e. The predicted molar refractivity (Wildman–Crippen MR) is 62.0 cm³/mol. The minimum absolute atomic E-state index is 0.186. The first-order valence-corrected chi connectivity index (χ1v) is 6.10. The summed E-state index contributed by atoms with van der Waals surface area (Å²) in [6, 6.07) is 0.275. The van der Waals surface area contributed by atoms with E-state index in [2.05, 4.69) is 0 Å². The second-order valence-corrected chi connectivity index (χ2v) is 6.05. The molecule has 0 radical (unpaired) electrons. The van der Waals surface area contributed by atoms with Crippen LogP contribution in [0.5, 0.6) is 0 Å². The Labute approximate surface area is 97.1 Å². The van der Waals surface area contributed by atoms with Gasteiger partial charge in [0.25, 0.3) is 0 Å². The molecule has 0 spiro atoms. The maximum atomic E-state index is 11.9. The van der Waals surface area contributed by atoms with Gasteiger partial charge in [-0.15, -0.1) is 0 Å². The molecule has 2 rings (SSSR count). The molecule has 1 aliphatic heterocycles. The lowest BCUT2D eigenvalue weighted by Gasteiger charge is -2.25. The third-order valence-electron chi connectivity index (χ3n) is 3.56. The number of hydrogen-bond acceptors (Lipinski definition) is 3. The maximum absolute atomic E-state index is 11.9. The molecule has 2 fully saturated rings. The molecular weight excluding hydrogens is 204 g/mol. The number of nitrogens with zero attached hydrogens (tertiary/aromatic N) is 1. The van der Waals surface area contributed by atoms with Crippen LogP contribution in [0.4, 0.5) is 4.79 Å². The van der Waals surface area contributed by atoms with Gasteiger partial charge in [-0.1, -0.05) is 0 Å². The second kappa shape index (κ2) is 3.91. The number of likely N-dealkylation sites (tertiary alicyclic amines) is 1. The standard InChI is InChI=1S/C12H22N2O2/c1-12(2,3)16-11(15)14-6-8-4-5-10(13)9(8)7-14/h8-10H,4-7,13H2,1-3H3/t8?,9-,10+/m0/s1. The number of hydrogen-bond donors (Lipinski definition) is 1. The van der Waals surface area contributed by atoms with Crippen molar-refractivity contribution in [1.82, 2.24) is 4.90 Å². The fourth-order valence-corrected chi connectivity index (χ4v) is 2.78. The van der Waals surface area contributed by atoms with E-state index in [9.17, 15) is 4.79 Å². The Morgan fingerprint density at radius 3 is 2.56 bits per heavy atom. The van der Waals surface area contributed by atoms with Crippen LogP contribution in [0.25, 0.3) is 0 Å². The highest BCUT2D eigenvalue weighted by molar-refractivity contribution is 5.68. The molecule has 1 saturated heterocycles. The van der Waals surface area contributed by atoms with Gasteiger partial charge in [0.1, 0.15) is 5.60 Å². The van der Waals surface area contributed by atoms with Gasteiger partial charge in [-0.2, -0.15) is 0 Å². The lowest BCUT2D eigenvalue weighted by Crippen LogP contribution is -2.37. The minimum atomic E-state index is -0.406. The molecule has 4 nitrogen and oxygen atoms in total. The van der Waals surface area contributed by atoms with Crippen molar-refractivity contribution in [2.75, 3.05) is 13.1 Å². The van der Waals surface area contributed by atoms with E-state index in [0.29, 0.717) is 11.8 Å². The average molecular weight is 226 g/mol. The third-order valence-corrected chi connectivity index (χ3v) is 3.56. The number of rotatable bonds is 0. The van der Waals surface area contributed by atoms with Crippen LogP contribution in [0, 0.1) is 11.8 Å². The van der Waals surface area contributed by atoms with Crippen molar-refractivity contribution in [3.8, 4) is 0 Å². The molecule has 3 atom stereocenters. The second-order valence-electron chi connectivity index (χ2n) is 6.05. The Bertz CT molecular complexity index is 285. The minimum Gasteiger partial charge on any atom is -0.444 e. The van der Waals surface area contributed by atoms with E-state index in [1.165, 1.54) is 0 Å². The molecule has 1 heterocycles. The fourth-order valence-electron chi connectivity index (χ4n) is 2.78. The van der Waals surface area contributed by atoms with Gasteiger partial charge >= 0.3 is 6.09 Å². The Hall–Kier alpha value is -0.770. The summed E-state index contributed by atoms with van der Waals surface area (Å²) in [4.78, 5) is 13.7. The van der Waals surface area contributed by atoms with E-state index in [-0.39, 0.29) is 12.1 Å². The van der Waals surface area contributed by atoms with Crippen LogP contribution in [0.2, 0.25) is 0 Å². The normalized spacial score (nSPS) is 34.0. The van der Waals surface area contributed by atoms with Crippen molar-refractivity contribution in [1.29, 1.82) is 0 Å². The van der Waals surface area contributed by atoms with Gasteiger partial charge in [0.2, 0.25) is 0 Å². The highest BCUT2D eigenvalue weighted by atomic mass is 16.6. The molecule has 92 valence electrons. The summed E-state index contributed by atoms with van der Waals surface area (Å²) in [6.07, 6.45) is 2.08. The third kappa shape index (κ3) is 2.32. The summed E-state index contributed by atoms with van der Waals surface area (Å²) in [7, 11) is 0. The Kier molecular flexibility index (Phi) is 2.86. The summed E-state index contributed by atoms with van der Waals surface area (Å²) in [5.74, 6) is 1.09. The molecule has 2 N–H and O–H groups in total. The van der Waals surface area contributed by atoms with Crippen molar-refractivity contribution >= 4 is 6.09 Å². The van der Waals surface area contributed by atoms with Crippen molar-refractivity contribution in [2.24, 2.45) is 17.6 Å². The highest BCUT2D eigenvalue weighted by Gasteiger charge is 2.43. The van der Waals surface area contributed by atoms with Crippen molar-refractivity contribution in [2.45, 2.75) is 45.3 Å². The van der Waals surface area contributed by atoms with Gasteiger partial charge in [-0.05, 0) is 45.4 Å². The zero-order valence-corrected chi connectivity index (χ0v) is 10.4. The number of fused-ring (bicyclic) bond motifs is 1. The first-order chi connectivity index (χ1) is 7.37. The summed E-state index contributed by atoms with van der Waals surface area (Å²) >= 11 is 0. The molecule has 0 aromatic rings. The van der Waals surface area contributed by atoms with Crippen LogP contribution < -0.4 is 5.73 Å². The van der Waals surface area contributed by atoms with Gasteiger partial charge in [0, 0.05) is 19.1 Å². The molecule has 1 unspecified atom stereocenters. The smallest absolute Gasteiger partial charge is 0.410 e. The van der Waals surface area contributed by atoms with Crippen molar-refractivity contribution in [3.05, 3.63) is 0 Å². The monoisotopic (exact) mass is 226 g/mol. The zero-order valence-electron chi connectivity index (χ0n) is 10.4. The number of carbonyl (C=O) groups excluding carboxylic acids is 1. The molecule has 0 aromatic heterocycles.